The summed E-state index contributed by atoms with van der Waals surface area (Å²) in [7, 11) is 1.66. The molecule has 1 fully saturated rings. The molecule has 1 saturated heterocycles. The van der Waals surface area contributed by atoms with Crippen molar-refractivity contribution < 1.29 is 14.3 Å². The van der Waals surface area contributed by atoms with Gasteiger partial charge >= 0.3 is 6.03 Å². The number of ether oxygens (including phenoxy) is 1. The van der Waals surface area contributed by atoms with Gasteiger partial charge in [0.25, 0.3) is 0 Å². The maximum absolute atomic E-state index is 12.1. The molecule has 1 aliphatic rings. The highest BCUT2D eigenvalue weighted by Gasteiger charge is 2.20. The number of amides is 3. The Morgan fingerprint density at radius 1 is 1.12 bits per heavy atom. The van der Waals surface area contributed by atoms with Gasteiger partial charge < -0.3 is 25.2 Å². The molecule has 3 amide bonds. The molecule has 24 heavy (non-hydrogen) atoms. The van der Waals surface area contributed by atoms with Crippen LogP contribution in [0.3, 0.4) is 0 Å². The molecule has 0 aliphatic carbocycles. The van der Waals surface area contributed by atoms with Gasteiger partial charge in [-0.25, -0.2) is 4.79 Å². The number of carbonyl (C=O) groups excluding carboxylic acids is 2. The molecule has 0 saturated carbocycles. The van der Waals surface area contributed by atoms with Crippen LogP contribution in [-0.2, 0) is 9.53 Å². The van der Waals surface area contributed by atoms with Gasteiger partial charge in [0.2, 0.25) is 5.91 Å². The first-order valence-electron chi connectivity index (χ1n) is 8.24. The van der Waals surface area contributed by atoms with Gasteiger partial charge in [0.1, 0.15) is 0 Å². The van der Waals surface area contributed by atoms with Crippen LogP contribution < -0.4 is 15.5 Å². The van der Waals surface area contributed by atoms with Crippen LogP contribution in [0.15, 0.2) is 24.3 Å². The molecule has 2 N–H and O–H groups in total. The summed E-state index contributed by atoms with van der Waals surface area (Å²) in [5, 5.41) is 5.67. The van der Waals surface area contributed by atoms with Crippen molar-refractivity contribution in [2.45, 2.75) is 13.3 Å². The summed E-state index contributed by atoms with van der Waals surface area (Å²) in [5.41, 5.74) is 1.89. The Balaban J connectivity index is 1.77. The summed E-state index contributed by atoms with van der Waals surface area (Å²) < 4.78 is 4.97. The van der Waals surface area contributed by atoms with Crippen LogP contribution in [0, 0.1) is 0 Å². The first-order chi connectivity index (χ1) is 11.6. The van der Waals surface area contributed by atoms with Crippen molar-refractivity contribution >= 4 is 23.3 Å². The van der Waals surface area contributed by atoms with Gasteiger partial charge in [-0.1, -0.05) is 0 Å². The summed E-state index contributed by atoms with van der Waals surface area (Å²) in [6.07, 6.45) is 0.822. The predicted molar refractivity (Wildman–Crippen MR) is 94.4 cm³/mol. The van der Waals surface area contributed by atoms with Crippen LogP contribution in [0.1, 0.15) is 13.3 Å². The smallest absolute Gasteiger partial charge is 0.317 e. The van der Waals surface area contributed by atoms with Crippen molar-refractivity contribution in [1.29, 1.82) is 0 Å². The Morgan fingerprint density at radius 3 is 2.38 bits per heavy atom. The summed E-state index contributed by atoms with van der Waals surface area (Å²) in [4.78, 5) is 27.2. The Labute approximate surface area is 142 Å². The first kappa shape index (κ1) is 18.1. The van der Waals surface area contributed by atoms with E-state index in [1.807, 2.05) is 29.2 Å². The molecule has 0 radical (unpaired) electrons. The number of nitrogens with zero attached hydrogens (tertiary/aromatic N) is 2. The minimum atomic E-state index is -0.0760. The lowest BCUT2D eigenvalue weighted by atomic mass is 10.2. The van der Waals surface area contributed by atoms with Crippen molar-refractivity contribution in [3.8, 4) is 0 Å². The fraction of sp³-hybridized carbons (Fsp3) is 0.529. The molecule has 1 aromatic carbocycles. The molecule has 7 nitrogen and oxygen atoms in total. The second kappa shape index (κ2) is 9.12. The average molecular weight is 334 g/mol. The molecule has 2 rings (SSSR count). The molecular formula is C17H26N4O3. The molecule has 7 heteroatoms. The van der Waals surface area contributed by atoms with Crippen LogP contribution in [0.5, 0.6) is 0 Å². The second-order valence-electron chi connectivity index (χ2n) is 5.78. The van der Waals surface area contributed by atoms with Crippen LogP contribution in [0.4, 0.5) is 16.2 Å². The molecule has 0 atom stereocenters. The van der Waals surface area contributed by atoms with Gasteiger partial charge in [-0.05, 0) is 30.7 Å². The maximum Gasteiger partial charge on any atom is 0.317 e. The van der Waals surface area contributed by atoms with E-state index in [2.05, 4.69) is 15.5 Å². The molecule has 1 aliphatic heterocycles. The minimum Gasteiger partial charge on any atom is -0.385 e. The van der Waals surface area contributed by atoms with E-state index < -0.39 is 0 Å². The third-order valence-corrected chi connectivity index (χ3v) is 3.92. The van der Waals surface area contributed by atoms with E-state index in [0.29, 0.717) is 26.2 Å². The lowest BCUT2D eigenvalue weighted by Crippen LogP contribution is -2.52. The van der Waals surface area contributed by atoms with E-state index in [4.69, 9.17) is 4.74 Å². The zero-order chi connectivity index (χ0) is 17.4. The minimum absolute atomic E-state index is 0.00763. The molecule has 1 heterocycles. The largest absolute Gasteiger partial charge is 0.385 e. The third-order valence-electron chi connectivity index (χ3n) is 3.92. The normalized spacial score (nSPS) is 14.4. The van der Waals surface area contributed by atoms with E-state index in [-0.39, 0.29) is 11.9 Å². The van der Waals surface area contributed by atoms with Gasteiger partial charge in [-0.2, -0.15) is 0 Å². The predicted octanol–water partition coefficient (Wildman–Crippen LogP) is 1.51. The number of anilines is 2. The van der Waals surface area contributed by atoms with Gasteiger partial charge in [-0.15, -0.1) is 0 Å². The van der Waals surface area contributed by atoms with Crippen molar-refractivity contribution in [2.75, 3.05) is 56.7 Å². The Kier molecular flexibility index (Phi) is 6.87. The third kappa shape index (κ3) is 5.42. The topological polar surface area (TPSA) is 73.9 Å². The summed E-state index contributed by atoms with van der Waals surface area (Å²) in [5.74, 6) is -0.0760. The number of hydrogen-bond donors (Lipinski definition) is 2. The number of rotatable bonds is 6. The van der Waals surface area contributed by atoms with E-state index in [1.54, 1.807) is 7.11 Å². The van der Waals surface area contributed by atoms with E-state index in [1.165, 1.54) is 6.92 Å². The lowest BCUT2D eigenvalue weighted by Gasteiger charge is -2.36. The molecule has 1 aromatic rings. The highest BCUT2D eigenvalue weighted by Crippen LogP contribution is 2.19. The first-order valence-corrected chi connectivity index (χ1v) is 8.24. The molecule has 0 aromatic heterocycles. The highest BCUT2D eigenvalue weighted by atomic mass is 16.5. The van der Waals surface area contributed by atoms with Crippen molar-refractivity contribution in [2.24, 2.45) is 0 Å². The zero-order valence-electron chi connectivity index (χ0n) is 14.4. The Bertz CT molecular complexity index is 539. The quantitative estimate of drug-likeness (QED) is 0.774. The SMILES string of the molecule is COCCCNC(=O)N1CCN(c2ccc(NC(C)=O)cc2)CC1. The number of nitrogens with one attached hydrogen (secondary N) is 2. The van der Waals surface area contributed by atoms with E-state index in [0.717, 1.165) is 30.9 Å². The summed E-state index contributed by atoms with van der Waals surface area (Å²) >= 11 is 0. The summed E-state index contributed by atoms with van der Waals surface area (Å²) in [6.45, 7) is 5.77. The Hall–Kier alpha value is -2.28. The molecular weight excluding hydrogens is 308 g/mol. The van der Waals surface area contributed by atoms with Crippen LogP contribution in [0.25, 0.3) is 0 Å². The van der Waals surface area contributed by atoms with Crippen molar-refractivity contribution in [1.82, 2.24) is 10.2 Å². The van der Waals surface area contributed by atoms with Gasteiger partial charge in [-0.3, -0.25) is 4.79 Å². The number of carbonyl (C=O) groups is 2. The fourth-order valence-electron chi connectivity index (χ4n) is 2.65. The van der Waals surface area contributed by atoms with Crippen LogP contribution in [-0.4, -0.2) is 63.3 Å². The molecule has 0 spiro atoms. The van der Waals surface area contributed by atoms with E-state index in [9.17, 15) is 9.59 Å². The van der Waals surface area contributed by atoms with Gasteiger partial charge in [0, 0.05) is 64.7 Å². The number of urea groups is 1. The van der Waals surface area contributed by atoms with Crippen molar-refractivity contribution in [3.63, 3.8) is 0 Å². The maximum atomic E-state index is 12.1. The van der Waals surface area contributed by atoms with Gasteiger partial charge in [0.15, 0.2) is 0 Å². The number of piperazine rings is 1. The molecule has 0 unspecified atom stereocenters. The van der Waals surface area contributed by atoms with Crippen LogP contribution >= 0.6 is 0 Å². The highest BCUT2D eigenvalue weighted by molar-refractivity contribution is 5.88. The zero-order valence-corrected chi connectivity index (χ0v) is 14.4. The fourth-order valence-corrected chi connectivity index (χ4v) is 2.65. The second-order valence-corrected chi connectivity index (χ2v) is 5.78. The standard InChI is InChI=1S/C17H26N4O3/c1-14(22)19-15-4-6-16(7-5-15)20-9-11-21(12-10-20)17(23)18-8-3-13-24-2/h4-7H,3,8-13H2,1-2H3,(H,18,23)(H,19,22). The molecule has 132 valence electrons. The monoisotopic (exact) mass is 334 g/mol. The Morgan fingerprint density at radius 2 is 1.79 bits per heavy atom. The average Bonchev–Trinajstić information content (AvgIpc) is 2.59. The number of hydrogen-bond acceptors (Lipinski definition) is 4. The van der Waals surface area contributed by atoms with Crippen molar-refractivity contribution in [3.05, 3.63) is 24.3 Å². The molecule has 0 bridgehead atoms. The number of methoxy groups -OCH3 is 1. The van der Waals surface area contributed by atoms with Crippen LogP contribution in [0.2, 0.25) is 0 Å². The summed E-state index contributed by atoms with van der Waals surface area (Å²) in [6, 6.07) is 7.76. The lowest BCUT2D eigenvalue weighted by molar-refractivity contribution is -0.114. The van der Waals surface area contributed by atoms with E-state index >= 15 is 0 Å². The number of benzene rings is 1. The van der Waals surface area contributed by atoms with Gasteiger partial charge in [0.05, 0.1) is 0 Å².